The molecular formula is C23H25N3OS. The van der Waals surface area contributed by atoms with Crippen LogP contribution in [0, 0.1) is 20.8 Å². The summed E-state index contributed by atoms with van der Waals surface area (Å²) in [4.78, 5) is 24.0. The molecule has 0 saturated carbocycles. The highest BCUT2D eigenvalue weighted by Crippen LogP contribution is 2.27. The number of carbonyl (C=O) groups excluding carboxylic acids is 1. The minimum atomic E-state index is -0.0786. The van der Waals surface area contributed by atoms with Gasteiger partial charge in [0.1, 0.15) is 0 Å². The Bertz CT molecular complexity index is 996. The molecule has 0 N–H and O–H groups in total. The van der Waals surface area contributed by atoms with Crippen LogP contribution < -0.4 is 0 Å². The van der Waals surface area contributed by atoms with Crippen LogP contribution in [0.1, 0.15) is 32.6 Å². The molecule has 0 radical (unpaired) electrons. The predicted molar refractivity (Wildman–Crippen MR) is 116 cm³/mol. The lowest BCUT2D eigenvalue weighted by molar-refractivity contribution is 0.0785. The van der Waals surface area contributed by atoms with E-state index in [9.17, 15) is 4.79 Å². The fraction of sp³-hybridized carbons (Fsp3) is 0.261. The van der Waals surface area contributed by atoms with Gasteiger partial charge < -0.3 is 4.90 Å². The molecule has 0 spiro atoms. The molecular weight excluding hydrogens is 366 g/mol. The average molecular weight is 392 g/mol. The monoisotopic (exact) mass is 391 g/mol. The van der Waals surface area contributed by atoms with Crippen LogP contribution in [0.15, 0.2) is 53.8 Å². The number of nitrogens with zero attached hydrogens (tertiary/aromatic N) is 3. The quantitative estimate of drug-likeness (QED) is 0.450. The Morgan fingerprint density at radius 1 is 1.07 bits per heavy atom. The Morgan fingerprint density at radius 2 is 1.75 bits per heavy atom. The highest BCUT2D eigenvalue weighted by Gasteiger charge is 2.20. The lowest BCUT2D eigenvalue weighted by Gasteiger charge is -2.20. The zero-order valence-electron chi connectivity index (χ0n) is 17.0. The highest BCUT2D eigenvalue weighted by molar-refractivity contribution is 7.98. The number of aromatic nitrogens is 2. The molecule has 1 aromatic heterocycles. The van der Waals surface area contributed by atoms with Gasteiger partial charge in [0.25, 0.3) is 5.91 Å². The summed E-state index contributed by atoms with van der Waals surface area (Å²) in [5.74, 6) is -0.0786. The molecule has 0 unspecified atom stereocenters. The van der Waals surface area contributed by atoms with Gasteiger partial charge in [-0.2, -0.15) is 0 Å². The molecule has 28 heavy (non-hydrogen) atoms. The van der Waals surface area contributed by atoms with E-state index in [4.69, 9.17) is 0 Å². The molecule has 1 amide bonds. The molecule has 0 atom stereocenters. The third-order valence-corrected chi connectivity index (χ3v) is 5.19. The van der Waals surface area contributed by atoms with Crippen LogP contribution in [0.3, 0.4) is 0 Å². The minimum absolute atomic E-state index is 0.0786. The summed E-state index contributed by atoms with van der Waals surface area (Å²) in [7, 11) is 1.82. The van der Waals surface area contributed by atoms with Crippen molar-refractivity contribution < 1.29 is 4.79 Å². The number of hydrogen-bond donors (Lipinski definition) is 0. The van der Waals surface area contributed by atoms with Gasteiger partial charge in [-0.15, -0.1) is 0 Å². The number of hydrogen-bond acceptors (Lipinski definition) is 4. The van der Waals surface area contributed by atoms with Crippen molar-refractivity contribution in [2.24, 2.45) is 0 Å². The summed E-state index contributed by atoms with van der Waals surface area (Å²) in [6.07, 6.45) is 3.59. The number of benzene rings is 2. The third kappa shape index (κ3) is 4.42. The van der Waals surface area contributed by atoms with Gasteiger partial charge in [-0.1, -0.05) is 65.4 Å². The van der Waals surface area contributed by atoms with Gasteiger partial charge in [-0.05, 0) is 38.2 Å². The summed E-state index contributed by atoms with van der Waals surface area (Å²) in [5, 5.41) is 0.659. The SMILES string of the molecule is CSc1ncc(C(=O)N(C)Cc2cc(C)cc(C)c2)c(-c2ccccc2C)n1. The molecule has 0 aliphatic carbocycles. The zero-order chi connectivity index (χ0) is 20.3. The van der Waals surface area contributed by atoms with E-state index in [1.807, 2.05) is 44.5 Å². The van der Waals surface area contributed by atoms with E-state index in [0.29, 0.717) is 23.0 Å². The molecule has 1 heterocycles. The Kier molecular flexibility index (Phi) is 6.15. The van der Waals surface area contributed by atoms with Crippen LogP contribution in [0.5, 0.6) is 0 Å². The van der Waals surface area contributed by atoms with E-state index in [1.165, 1.54) is 22.9 Å². The second kappa shape index (κ2) is 8.57. The maximum Gasteiger partial charge on any atom is 0.257 e. The molecule has 5 heteroatoms. The van der Waals surface area contributed by atoms with E-state index in [-0.39, 0.29) is 5.91 Å². The van der Waals surface area contributed by atoms with Gasteiger partial charge >= 0.3 is 0 Å². The number of amides is 1. The van der Waals surface area contributed by atoms with Crippen LogP contribution in [0.2, 0.25) is 0 Å². The molecule has 0 aliphatic heterocycles. The van der Waals surface area contributed by atoms with E-state index in [1.54, 1.807) is 11.1 Å². The number of aryl methyl sites for hydroxylation is 3. The maximum absolute atomic E-state index is 13.3. The van der Waals surface area contributed by atoms with E-state index in [0.717, 1.165) is 16.7 Å². The second-order valence-corrected chi connectivity index (χ2v) is 7.86. The smallest absolute Gasteiger partial charge is 0.257 e. The Morgan fingerprint density at radius 3 is 2.39 bits per heavy atom. The topological polar surface area (TPSA) is 46.1 Å². The fourth-order valence-electron chi connectivity index (χ4n) is 3.38. The molecule has 2 aromatic carbocycles. The van der Waals surface area contributed by atoms with Crippen LogP contribution in [-0.2, 0) is 6.54 Å². The molecule has 0 fully saturated rings. The largest absolute Gasteiger partial charge is 0.337 e. The van der Waals surface area contributed by atoms with Crippen molar-refractivity contribution >= 4 is 17.7 Å². The van der Waals surface area contributed by atoms with Crippen molar-refractivity contribution in [2.45, 2.75) is 32.5 Å². The Labute approximate surface area is 171 Å². The van der Waals surface area contributed by atoms with E-state index in [2.05, 4.69) is 42.0 Å². The number of thioether (sulfide) groups is 1. The van der Waals surface area contributed by atoms with Crippen LogP contribution >= 0.6 is 11.8 Å². The second-order valence-electron chi connectivity index (χ2n) is 7.09. The summed E-state index contributed by atoms with van der Waals surface area (Å²) in [6.45, 7) is 6.72. The normalized spacial score (nSPS) is 10.8. The van der Waals surface area contributed by atoms with Gasteiger partial charge in [0.15, 0.2) is 5.16 Å². The summed E-state index contributed by atoms with van der Waals surface area (Å²) in [6, 6.07) is 14.4. The molecule has 0 aliphatic rings. The fourth-order valence-corrected chi connectivity index (χ4v) is 3.72. The Balaban J connectivity index is 1.98. The summed E-state index contributed by atoms with van der Waals surface area (Å²) >= 11 is 1.47. The molecule has 0 bridgehead atoms. The highest BCUT2D eigenvalue weighted by atomic mass is 32.2. The van der Waals surface area contributed by atoms with Crippen molar-refractivity contribution in [3.05, 3.63) is 76.5 Å². The molecule has 3 rings (SSSR count). The first kappa shape index (κ1) is 20.1. The summed E-state index contributed by atoms with van der Waals surface area (Å²) in [5.41, 5.74) is 6.77. The average Bonchev–Trinajstić information content (AvgIpc) is 2.66. The van der Waals surface area contributed by atoms with E-state index >= 15 is 0 Å². The van der Waals surface area contributed by atoms with Crippen molar-refractivity contribution in [3.8, 4) is 11.3 Å². The lowest BCUT2D eigenvalue weighted by atomic mass is 10.0. The first-order valence-electron chi connectivity index (χ1n) is 9.18. The van der Waals surface area contributed by atoms with Crippen LogP contribution in [-0.4, -0.2) is 34.1 Å². The molecule has 3 aromatic rings. The number of rotatable bonds is 5. The van der Waals surface area contributed by atoms with Gasteiger partial charge in [-0.25, -0.2) is 9.97 Å². The van der Waals surface area contributed by atoms with Crippen LogP contribution in [0.4, 0.5) is 0 Å². The number of carbonyl (C=O) groups is 1. The first-order chi connectivity index (χ1) is 13.4. The molecule has 4 nitrogen and oxygen atoms in total. The maximum atomic E-state index is 13.3. The molecule has 0 saturated heterocycles. The molecule has 144 valence electrons. The van der Waals surface area contributed by atoms with Crippen molar-refractivity contribution in [1.82, 2.24) is 14.9 Å². The Hall–Kier alpha value is -2.66. The summed E-state index contributed by atoms with van der Waals surface area (Å²) < 4.78 is 0. The standard InChI is InChI=1S/C23H25N3OS/c1-15-10-16(2)12-18(11-15)14-26(4)22(27)20-13-24-23(28-5)25-21(20)19-9-7-6-8-17(19)3/h6-13H,14H2,1-5H3. The van der Waals surface area contributed by atoms with Gasteiger partial charge in [0.2, 0.25) is 0 Å². The van der Waals surface area contributed by atoms with Crippen LogP contribution in [0.25, 0.3) is 11.3 Å². The van der Waals surface area contributed by atoms with Crippen molar-refractivity contribution in [3.63, 3.8) is 0 Å². The lowest BCUT2D eigenvalue weighted by Crippen LogP contribution is -2.27. The van der Waals surface area contributed by atoms with Crippen molar-refractivity contribution in [2.75, 3.05) is 13.3 Å². The minimum Gasteiger partial charge on any atom is -0.337 e. The van der Waals surface area contributed by atoms with Gasteiger partial charge in [-0.3, -0.25) is 4.79 Å². The van der Waals surface area contributed by atoms with Gasteiger partial charge in [0.05, 0.1) is 11.3 Å². The third-order valence-electron chi connectivity index (χ3n) is 4.63. The van der Waals surface area contributed by atoms with Gasteiger partial charge in [0, 0.05) is 25.4 Å². The first-order valence-corrected chi connectivity index (χ1v) is 10.4. The predicted octanol–water partition coefficient (Wildman–Crippen LogP) is 5.06. The van der Waals surface area contributed by atoms with Crippen molar-refractivity contribution in [1.29, 1.82) is 0 Å². The zero-order valence-corrected chi connectivity index (χ0v) is 17.8. The van der Waals surface area contributed by atoms with E-state index < -0.39 is 0 Å².